The van der Waals surface area contributed by atoms with E-state index in [9.17, 15) is 9.90 Å². The summed E-state index contributed by atoms with van der Waals surface area (Å²) in [6.45, 7) is 2.04. The Hall–Kier alpha value is -2.72. The molecule has 3 aromatic rings. The average Bonchev–Trinajstić information content (AvgIpc) is 3.02. The molecule has 0 aliphatic heterocycles. The van der Waals surface area contributed by atoms with Crippen LogP contribution in [0.15, 0.2) is 60.0 Å². The van der Waals surface area contributed by atoms with Gasteiger partial charge in [-0.15, -0.1) is 11.3 Å². The maximum Gasteiger partial charge on any atom is 0.189 e. The molecule has 0 saturated carbocycles. The minimum Gasteiger partial charge on any atom is -0.507 e. The minimum absolute atomic E-state index is 0.0131. The summed E-state index contributed by atoms with van der Waals surface area (Å²) in [6.07, 6.45) is 3.11. The zero-order chi connectivity index (χ0) is 16.2. The van der Waals surface area contributed by atoms with Crippen molar-refractivity contribution in [1.82, 2.24) is 4.98 Å². The third-order valence-corrected chi connectivity index (χ3v) is 4.27. The first-order valence-corrected chi connectivity index (χ1v) is 8.04. The molecule has 1 aromatic heterocycles. The monoisotopic (exact) mass is 321 g/mol. The van der Waals surface area contributed by atoms with Crippen molar-refractivity contribution in [2.24, 2.45) is 0 Å². The molecule has 0 saturated heterocycles. The fourth-order valence-electron chi connectivity index (χ4n) is 2.21. The van der Waals surface area contributed by atoms with E-state index >= 15 is 0 Å². The number of hydrogen-bond acceptors (Lipinski definition) is 4. The van der Waals surface area contributed by atoms with Gasteiger partial charge in [-0.3, -0.25) is 4.79 Å². The Morgan fingerprint density at radius 1 is 1.17 bits per heavy atom. The molecule has 0 amide bonds. The topological polar surface area (TPSA) is 50.2 Å². The number of ketones is 1. The van der Waals surface area contributed by atoms with Crippen LogP contribution < -0.4 is 0 Å². The highest BCUT2D eigenvalue weighted by Crippen LogP contribution is 2.25. The van der Waals surface area contributed by atoms with E-state index in [4.69, 9.17) is 0 Å². The molecule has 4 heteroatoms. The van der Waals surface area contributed by atoms with E-state index in [1.807, 2.05) is 30.5 Å². The lowest BCUT2D eigenvalue weighted by molar-refractivity contribution is 0.104. The first kappa shape index (κ1) is 15.2. The van der Waals surface area contributed by atoms with Crippen LogP contribution in [0.25, 0.3) is 16.6 Å². The van der Waals surface area contributed by atoms with E-state index in [1.54, 1.807) is 24.3 Å². The Balaban J connectivity index is 1.79. The highest BCUT2D eigenvalue weighted by molar-refractivity contribution is 7.13. The fourth-order valence-corrected chi connectivity index (χ4v) is 2.99. The molecule has 0 unspecified atom stereocenters. The quantitative estimate of drug-likeness (QED) is 0.559. The number of rotatable bonds is 4. The number of carbonyl (C=O) groups excluding carboxylic acids is 1. The molecule has 0 aliphatic rings. The number of thiazole rings is 1. The number of phenols is 1. The Kier molecular flexibility index (Phi) is 4.35. The van der Waals surface area contributed by atoms with Gasteiger partial charge in [-0.25, -0.2) is 4.98 Å². The van der Waals surface area contributed by atoms with Crippen molar-refractivity contribution in [3.63, 3.8) is 0 Å². The molecule has 1 heterocycles. The number of benzene rings is 2. The van der Waals surface area contributed by atoms with Gasteiger partial charge in [0.2, 0.25) is 0 Å². The molecule has 2 aromatic carbocycles. The van der Waals surface area contributed by atoms with Crippen LogP contribution in [-0.2, 0) is 0 Å². The molecule has 0 atom stereocenters. The van der Waals surface area contributed by atoms with Crippen molar-refractivity contribution >= 4 is 23.2 Å². The van der Waals surface area contributed by atoms with Crippen LogP contribution in [0.3, 0.4) is 0 Å². The maximum atomic E-state index is 12.1. The summed E-state index contributed by atoms with van der Waals surface area (Å²) in [6, 6.07) is 14.7. The van der Waals surface area contributed by atoms with E-state index in [0.29, 0.717) is 0 Å². The van der Waals surface area contributed by atoms with Crippen molar-refractivity contribution in [2.75, 3.05) is 0 Å². The summed E-state index contributed by atoms with van der Waals surface area (Å²) in [5.74, 6) is -0.255. The third kappa shape index (κ3) is 3.55. The minimum atomic E-state index is -0.242. The second-order valence-electron chi connectivity index (χ2n) is 5.16. The van der Waals surface area contributed by atoms with E-state index < -0.39 is 0 Å². The van der Waals surface area contributed by atoms with Crippen LogP contribution >= 0.6 is 11.3 Å². The molecule has 114 valence electrons. The van der Waals surface area contributed by atoms with Crippen LogP contribution in [0.4, 0.5) is 0 Å². The standard InChI is InChI=1S/C19H15NO2S/c1-13-5-4-6-14(11-13)19-20-15(12-23-19)9-10-18(22)16-7-2-3-8-17(16)21/h2-12,21H,1H3. The maximum absolute atomic E-state index is 12.1. The van der Waals surface area contributed by atoms with Gasteiger partial charge in [0.15, 0.2) is 5.78 Å². The largest absolute Gasteiger partial charge is 0.507 e. The summed E-state index contributed by atoms with van der Waals surface area (Å²) in [7, 11) is 0. The average molecular weight is 321 g/mol. The molecule has 0 fully saturated rings. The lowest BCUT2D eigenvalue weighted by Crippen LogP contribution is -1.94. The van der Waals surface area contributed by atoms with E-state index in [2.05, 4.69) is 11.1 Å². The van der Waals surface area contributed by atoms with Gasteiger partial charge in [0, 0.05) is 10.9 Å². The Morgan fingerprint density at radius 2 is 2.00 bits per heavy atom. The number of aromatic hydroxyl groups is 1. The summed E-state index contributed by atoms with van der Waals surface area (Å²) < 4.78 is 0. The summed E-state index contributed by atoms with van der Waals surface area (Å²) in [4.78, 5) is 16.6. The van der Waals surface area contributed by atoms with Crippen LogP contribution in [0.2, 0.25) is 0 Å². The lowest BCUT2D eigenvalue weighted by Gasteiger charge is -1.98. The number of aryl methyl sites for hydroxylation is 1. The van der Waals surface area contributed by atoms with Crippen molar-refractivity contribution < 1.29 is 9.90 Å². The molecule has 0 spiro atoms. The molecule has 0 bridgehead atoms. The third-order valence-electron chi connectivity index (χ3n) is 3.36. The van der Waals surface area contributed by atoms with Crippen molar-refractivity contribution in [3.8, 4) is 16.3 Å². The first-order valence-electron chi connectivity index (χ1n) is 7.16. The SMILES string of the molecule is Cc1cccc(-c2nc(C=CC(=O)c3ccccc3O)cs2)c1. The zero-order valence-corrected chi connectivity index (χ0v) is 13.4. The number of nitrogens with zero attached hydrogens (tertiary/aromatic N) is 1. The second-order valence-corrected chi connectivity index (χ2v) is 6.02. The highest BCUT2D eigenvalue weighted by atomic mass is 32.1. The molecule has 0 radical (unpaired) electrons. The van der Waals surface area contributed by atoms with Gasteiger partial charge in [-0.1, -0.05) is 35.9 Å². The van der Waals surface area contributed by atoms with E-state index in [-0.39, 0.29) is 17.1 Å². The van der Waals surface area contributed by atoms with Gasteiger partial charge < -0.3 is 5.11 Å². The number of hydrogen-bond donors (Lipinski definition) is 1. The smallest absolute Gasteiger partial charge is 0.189 e. The number of para-hydroxylation sites is 1. The lowest BCUT2D eigenvalue weighted by atomic mass is 10.1. The first-order chi connectivity index (χ1) is 11.1. The molecule has 1 N–H and O–H groups in total. The summed E-state index contributed by atoms with van der Waals surface area (Å²) in [5, 5.41) is 12.5. The summed E-state index contributed by atoms with van der Waals surface area (Å²) >= 11 is 1.54. The van der Waals surface area contributed by atoms with E-state index in [0.717, 1.165) is 16.3 Å². The van der Waals surface area contributed by atoms with Gasteiger partial charge in [0.25, 0.3) is 0 Å². The zero-order valence-electron chi connectivity index (χ0n) is 12.6. The molecule has 3 rings (SSSR count). The molecule has 0 aliphatic carbocycles. The van der Waals surface area contributed by atoms with Gasteiger partial charge in [-0.05, 0) is 37.3 Å². The van der Waals surface area contributed by atoms with Crippen molar-refractivity contribution in [1.29, 1.82) is 0 Å². The van der Waals surface area contributed by atoms with Gasteiger partial charge in [-0.2, -0.15) is 0 Å². The highest BCUT2D eigenvalue weighted by Gasteiger charge is 2.07. The Bertz CT molecular complexity index is 880. The van der Waals surface area contributed by atoms with Gasteiger partial charge in [0.05, 0.1) is 11.3 Å². The van der Waals surface area contributed by atoms with Crippen molar-refractivity contribution in [3.05, 3.63) is 76.8 Å². The second kappa shape index (κ2) is 6.58. The number of phenolic OH excluding ortho intramolecular Hbond substituents is 1. The summed E-state index contributed by atoms with van der Waals surface area (Å²) in [5.41, 5.74) is 3.28. The fraction of sp³-hybridized carbons (Fsp3) is 0.0526. The number of allylic oxidation sites excluding steroid dienone is 1. The Labute approximate surface area is 138 Å². The Morgan fingerprint density at radius 3 is 2.78 bits per heavy atom. The van der Waals surface area contributed by atoms with Crippen LogP contribution in [0.1, 0.15) is 21.6 Å². The molecular weight excluding hydrogens is 306 g/mol. The molecule has 3 nitrogen and oxygen atoms in total. The molecule has 23 heavy (non-hydrogen) atoms. The van der Waals surface area contributed by atoms with E-state index in [1.165, 1.54) is 29.0 Å². The van der Waals surface area contributed by atoms with Crippen molar-refractivity contribution in [2.45, 2.75) is 6.92 Å². The van der Waals surface area contributed by atoms with Crippen LogP contribution in [0, 0.1) is 6.92 Å². The van der Waals surface area contributed by atoms with Gasteiger partial charge >= 0.3 is 0 Å². The van der Waals surface area contributed by atoms with Gasteiger partial charge in [0.1, 0.15) is 10.8 Å². The number of carbonyl (C=O) groups is 1. The molecular formula is C19H15NO2S. The van der Waals surface area contributed by atoms with Crippen LogP contribution in [-0.4, -0.2) is 15.9 Å². The predicted molar refractivity (Wildman–Crippen MR) is 93.8 cm³/mol. The van der Waals surface area contributed by atoms with Crippen LogP contribution in [0.5, 0.6) is 5.75 Å². The predicted octanol–water partition coefficient (Wildman–Crippen LogP) is 4.72. The normalized spacial score (nSPS) is 11.0. The number of aromatic nitrogens is 1.